The van der Waals surface area contributed by atoms with E-state index < -0.39 is 34.3 Å². The Hall–Kier alpha value is -4.53. The van der Waals surface area contributed by atoms with Crippen LogP contribution in [0, 0.1) is 24.4 Å². The Morgan fingerprint density at radius 2 is 1.89 bits per heavy atom. The lowest BCUT2D eigenvalue weighted by atomic mass is 9.83. The Kier molecular flexibility index (Phi) is 7.75. The van der Waals surface area contributed by atoms with Crippen molar-refractivity contribution < 1.29 is 27.8 Å². The zero-order valence-corrected chi connectivity index (χ0v) is 26.0. The quantitative estimate of drug-likeness (QED) is 0.234. The number of amides is 1. The summed E-state index contributed by atoms with van der Waals surface area (Å²) in [6.45, 7) is 14.5. The summed E-state index contributed by atoms with van der Waals surface area (Å²) in [6.07, 6.45) is 3.45. The van der Waals surface area contributed by atoms with Crippen LogP contribution < -0.4 is 9.64 Å². The molecule has 1 saturated heterocycles. The van der Waals surface area contributed by atoms with E-state index in [1.54, 1.807) is 11.1 Å². The van der Waals surface area contributed by atoms with Crippen LogP contribution in [0.1, 0.15) is 50.4 Å². The number of phenolic OH excluding ortho intramolecular Hbond substituents is 1. The largest absolute Gasteiger partial charge is 0.507 e. The molecule has 0 saturated carbocycles. The number of piperazine rings is 1. The van der Waals surface area contributed by atoms with Gasteiger partial charge in [0, 0.05) is 52.8 Å². The number of aryl methyl sites for hydroxylation is 1. The molecule has 45 heavy (non-hydrogen) atoms. The molecular formula is C36H36F3N3O3. The van der Waals surface area contributed by atoms with Crippen LogP contribution in [-0.4, -0.2) is 52.7 Å². The predicted molar refractivity (Wildman–Crippen MR) is 170 cm³/mol. The van der Waals surface area contributed by atoms with E-state index >= 15 is 13.2 Å². The first-order chi connectivity index (χ1) is 21.5. The molecule has 0 radical (unpaired) electrons. The maximum Gasteiger partial charge on any atom is 0.246 e. The minimum atomic E-state index is -1.01. The summed E-state index contributed by atoms with van der Waals surface area (Å²) >= 11 is 0. The Balaban J connectivity index is 1.76. The highest BCUT2D eigenvalue weighted by Gasteiger charge is 2.41. The summed E-state index contributed by atoms with van der Waals surface area (Å²) in [7, 11) is 0. The number of pyridine rings is 1. The van der Waals surface area contributed by atoms with Crippen molar-refractivity contribution in [3.63, 3.8) is 0 Å². The van der Waals surface area contributed by atoms with Crippen molar-refractivity contribution in [2.45, 2.75) is 59.0 Å². The molecule has 2 unspecified atom stereocenters. The number of carbonyl (C=O) groups is 1. The van der Waals surface area contributed by atoms with Crippen LogP contribution in [0.5, 0.6) is 11.5 Å². The number of hydrogen-bond acceptors (Lipinski definition) is 5. The molecule has 1 fully saturated rings. The van der Waals surface area contributed by atoms with Crippen molar-refractivity contribution >= 4 is 22.4 Å². The van der Waals surface area contributed by atoms with Gasteiger partial charge in [0.2, 0.25) is 5.91 Å². The number of benzene rings is 3. The number of anilines is 1. The molecular weight excluding hydrogens is 579 g/mol. The maximum absolute atomic E-state index is 17.3. The zero-order valence-electron chi connectivity index (χ0n) is 26.0. The Bertz CT molecular complexity index is 1850. The molecule has 9 heteroatoms. The lowest BCUT2D eigenvalue weighted by molar-refractivity contribution is -0.129. The standard InChI is InChI=1S/C36H36F3N3O3/c1-7-22-29(28-19(5)12-13-40-34(28)18(3)4)30-23(14-25(38)32(33(30)39)31-24(37)10-9-11-26(31)43)35-36(22)45-17-21-16-41(27(44)8-2)20(6)15-42(21)35/h8-14,18,20-21,43H,2,7,15-17H2,1,3-6H3. The van der Waals surface area contributed by atoms with Crippen LogP contribution in [0.25, 0.3) is 33.0 Å². The highest BCUT2D eigenvalue weighted by Crippen LogP contribution is 2.53. The number of hydrogen-bond donors (Lipinski definition) is 1. The fraction of sp³-hybridized carbons (Fsp3) is 0.333. The van der Waals surface area contributed by atoms with Gasteiger partial charge < -0.3 is 19.6 Å². The molecule has 1 N–H and O–H groups in total. The third-order valence-corrected chi connectivity index (χ3v) is 9.10. The van der Waals surface area contributed by atoms with Crippen LogP contribution in [0.2, 0.25) is 0 Å². The van der Waals surface area contributed by atoms with Crippen molar-refractivity contribution in [1.82, 2.24) is 9.88 Å². The van der Waals surface area contributed by atoms with Gasteiger partial charge in [-0.25, -0.2) is 13.2 Å². The first-order valence-corrected chi connectivity index (χ1v) is 15.3. The Morgan fingerprint density at radius 1 is 1.13 bits per heavy atom. The molecule has 234 valence electrons. The van der Waals surface area contributed by atoms with Crippen LogP contribution in [0.15, 0.2) is 49.2 Å². The molecule has 6 rings (SSSR count). The zero-order chi connectivity index (χ0) is 32.3. The number of aromatic nitrogens is 1. The molecule has 1 amide bonds. The monoisotopic (exact) mass is 615 g/mol. The summed E-state index contributed by atoms with van der Waals surface area (Å²) < 4.78 is 55.3. The smallest absolute Gasteiger partial charge is 0.246 e. The Morgan fingerprint density at radius 3 is 2.56 bits per heavy atom. The maximum atomic E-state index is 17.3. The van der Waals surface area contributed by atoms with Gasteiger partial charge >= 0.3 is 0 Å². The first-order valence-electron chi connectivity index (χ1n) is 15.3. The minimum Gasteiger partial charge on any atom is -0.507 e. The first kappa shape index (κ1) is 30.5. The molecule has 1 aromatic heterocycles. The van der Waals surface area contributed by atoms with E-state index in [0.29, 0.717) is 42.1 Å². The molecule has 3 aromatic carbocycles. The summed E-state index contributed by atoms with van der Waals surface area (Å²) in [4.78, 5) is 21.1. The van der Waals surface area contributed by atoms with Crippen molar-refractivity contribution in [3.8, 4) is 33.8 Å². The number of aromatic hydroxyl groups is 1. The van der Waals surface area contributed by atoms with E-state index in [-0.39, 0.29) is 41.3 Å². The SMILES string of the molecule is C=CC(=O)N1CC2COc3c(CC)c(-c4c(C)ccnc4C(C)C)c4c(F)c(-c5c(O)cccc5F)c(F)cc4c3N2CC1C. The van der Waals surface area contributed by atoms with E-state index in [1.165, 1.54) is 24.3 Å². The third-order valence-electron chi connectivity index (χ3n) is 9.10. The van der Waals surface area contributed by atoms with Crippen LogP contribution in [0.3, 0.4) is 0 Å². The normalized spacial score (nSPS) is 17.7. The third kappa shape index (κ3) is 4.71. The molecule has 3 heterocycles. The number of phenols is 1. The average Bonchev–Trinajstić information content (AvgIpc) is 3.00. The number of ether oxygens (including phenoxy) is 1. The predicted octanol–water partition coefficient (Wildman–Crippen LogP) is 7.67. The van der Waals surface area contributed by atoms with Gasteiger partial charge in [0.1, 0.15) is 35.6 Å². The number of nitrogens with zero attached hydrogens (tertiary/aromatic N) is 3. The van der Waals surface area contributed by atoms with Gasteiger partial charge in [-0.05, 0) is 62.1 Å². The fourth-order valence-electron chi connectivity index (χ4n) is 7.02. The van der Waals surface area contributed by atoms with Gasteiger partial charge in [0.05, 0.1) is 28.6 Å². The van der Waals surface area contributed by atoms with Crippen LogP contribution in [-0.2, 0) is 11.2 Å². The lowest BCUT2D eigenvalue weighted by Gasteiger charge is -2.49. The van der Waals surface area contributed by atoms with Crippen molar-refractivity contribution in [2.75, 3.05) is 24.6 Å². The summed E-state index contributed by atoms with van der Waals surface area (Å²) in [6, 6.07) is 6.14. The second-order valence-electron chi connectivity index (χ2n) is 12.2. The van der Waals surface area contributed by atoms with Gasteiger partial charge in [-0.2, -0.15) is 0 Å². The van der Waals surface area contributed by atoms with Gasteiger partial charge in [-0.1, -0.05) is 33.4 Å². The second-order valence-corrected chi connectivity index (χ2v) is 12.2. The molecule has 2 atom stereocenters. The molecule has 0 aliphatic carbocycles. The average molecular weight is 616 g/mol. The van der Waals surface area contributed by atoms with E-state index in [9.17, 15) is 9.90 Å². The van der Waals surface area contributed by atoms with Gasteiger partial charge in [-0.3, -0.25) is 9.78 Å². The lowest BCUT2D eigenvalue weighted by Crippen LogP contribution is -2.61. The van der Waals surface area contributed by atoms with Crippen LogP contribution in [0.4, 0.5) is 18.9 Å². The van der Waals surface area contributed by atoms with Crippen molar-refractivity contribution in [3.05, 3.63) is 83.5 Å². The van der Waals surface area contributed by atoms with Crippen LogP contribution >= 0.6 is 0 Å². The van der Waals surface area contributed by atoms with Crippen molar-refractivity contribution in [1.29, 1.82) is 0 Å². The number of rotatable bonds is 5. The molecule has 4 aromatic rings. The van der Waals surface area contributed by atoms with Crippen molar-refractivity contribution in [2.24, 2.45) is 0 Å². The number of fused-ring (bicyclic) bond motifs is 5. The summed E-state index contributed by atoms with van der Waals surface area (Å²) in [5.74, 6) is -3.19. The molecule has 0 bridgehead atoms. The van der Waals surface area contributed by atoms with E-state index in [2.05, 4.69) is 16.5 Å². The highest BCUT2D eigenvalue weighted by molar-refractivity contribution is 6.11. The van der Waals surface area contributed by atoms with Gasteiger partial charge in [0.15, 0.2) is 0 Å². The van der Waals surface area contributed by atoms with Gasteiger partial charge in [-0.15, -0.1) is 0 Å². The summed E-state index contributed by atoms with van der Waals surface area (Å²) in [5, 5.41) is 11.0. The summed E-state index contributed by atoms with van der Waals surface area (Å²) in [5.41, 5.74) is 2.90. The molecule has 2 aliphatic rings. The highest BCUT2D eigenvalue weighted by atomic mass is 19.1. The Labute approximate surface area is 260 Å². The molecule has 6 nitrogen and oxygen atoms in total. The van der Waals surface area contributed by atoms with E-state index in [4.69, 9.17) is 4.74 Å². The van der Waals surface area contributed by atoms with Gasteiger partial charge in [0.25, 0.3) is 0 Å². The number of halogens is 3. The van der Waals surface area contributed by atoms with E-state index in [0.717, 1.165) is 22.9 Å². The molecule has 0 spiro atoms. The number of carbonyl (C=O) groups excluding carboxylic acids is 1. The second kappa shape index (κ2) is 11.4. The molecule has 2 aliphatic heterocycles. The topological polar surface area (TPSA) is 65.9 Å². The minimum absolute atomic E-state index is 0.0316. The van der Waals surface area contributed by atoms with E-state index in [1.807, 2.05) is 40.7 Å². The fourth-order valence-corrected chi connectivity index (χ4v) is 7.02.